The van der Waals surface area contributed by atoms with Crippen LogP contribution in [0.3, 0.4) is 0 Å². The van der Waals surface area contributed by atoms with Crippen LogP contribution in [0.1, 0.15) is 42.1 Å². The van der Waals surface area contributed by atoms with E-state index in [1.165, 1.54) is 0 Å². The molecule has 2 atom stereocenters. The van der Waals surface area contributed by atoms with Gasteiger partial charge in [-0.25, -0.2) is 4.79 Å². The summed E-state index contributed by atoms with van der Waals surface area (Å²) in [6.45, 7) is 3.68. The molecule has 0 amide bonds. The van der Waals surface area contributed by atoms with E-state index in [4.69, 9.17) is 4.74 Å². The molecular weight excluding hydrogens is 344 g/mol. The zero-order valence-electron chi connectivity index (χ0n) is 15.3. The van der Waals surface area contributed by atoms with Crippen LogP contribution in [0.5, 0.6) is 0 Å². The third-order valence-electron chi connectivity index (χ3n) is 4.81. The average Bonchev–Trinajstić information content (AvgIpc) is 3.06. The molecule has 0 unspecified atom stereocenters. The van der Waals surface area contributed by atoms with Crippen molar-refractivity contribution in [2.24, 2.45) is 5.92 Å². The van der Waals surface area contributed by atoms with Crippen molar-refractivity contribution >= 4 is 22.8 Å². The second-order valence-electron chi connectivity index (χ2n) is 6.64. The van der Waals surface area contributed by atoms with Crippen LogP contribution in [-0.4, -0.2) is 28.3 Å². The minimum Gasteiger partial charge on any atom is -0.457 e. The standard InChI is InChI=1S/C21H22N2O4/c1-3-13(2)19(14-7-5-4-6-8-14)20(25)27-12-18(24)15-9-10-16-17(11-15)23-21(26)22-16/h4-11,13,19H,3,12H2,1-2H3,(H2,22,23,26)/t13-,19-/m1/s1. The van der Waals surface area contributed by atoms with Crippen LogP contribution in [0, 0.1) is 5.92 Å². The number of fused-ring (bicyclic) bond motifs is 1. The quantitative estimate of drug-likeness (QED) is 0.495. The van der Waals surface area contributed by atoms with Crippen LogP contribution in [0.25, 0.3) is 11.0 Å². The summed E-state index contributed by atoms with van der Waals surface area (Å²) < 4.78 is 5.35. The van der Waals surface area contributed by atoms with E-state index in [0.717, 1.165) is 12.0 Å². The zero-order valence-corrected chi connectivity index (χ0v) is 15.3. The number of rotatable bonds is 7. The van der Waals surface area contributed by atoms with E-state index in [2.05, 4.69) is 9.97 Å². The first-order valence-electron chi connectivity index (χ1n) is 8.96. The van der Waals surface area contributed by atoms with Gasteiger partial charge >= 0.3 is 11.7 Å². The van der Waals surface area contributed by atoms with Crippen LogP contribution in [0.15, 0.2) is 53.3 Å². The number of esters is 1. The number of aromatic nitrogens is 2. The normalized spacial score (nSPS) is 13.3. The molecule has 0 saturated heterocycles. The minimum absolute atomic E-state index is 0.0938. The first-order valence-corrected chi connectivity index (χ1v) is 8.96. The lowest BCUT2D eigenvalue weighted by Gasteiger charge is -2.21. The van der Waals surface area contributed by atoms with Crippen LogP contribution >= 0.6 is 0 Å². The van der Waals surface area contributed by atoms with Gasteiger partial charge in [-0.2, -0.15) is 0 Å². The van der Waals surface area contributed by atoms with E-state index in [9.17, 15) is 14.4 Å². The Morgan fingerprint density at radius 1 is 1.04 bits per heavy atom. The van der Waals surface area contributed by atoms with Gasteiger partial charge in [0, 0.05) is 5.56 Å². The molecule has 0 fully saturated rings. The van der Waals surface area contributed by atoms with Crippen molar-refractivity contribution < 1.29 is 14.3 Å². The monoisotopic (exact) mass is 366 g/mol. The Morgan fingerprint density at radius 3 is 2.44 bits per heavy atom. The van der Waals surface area contributed by atoms with Gasteiger partial charge in [-0.1, -0.05) is 50.6 Å². The maximum absolute atomic E-state index is 12.7. The largest absolute Gasteiger partial charge is 0.457 e. The van der Waals surface area contributed by atoms with E-state index in [0.29, 0.717) is 16.6 Å². The Labute approximate surface area is 156 Å². The lowest BCUT2D eigenvalue weighted by molar-refractivity contribution is -0.145. The zero-order chi connectivity index (χ0) is 19.4. The molecule has 6 heteroatoms. The first kappa shape index (κ1) is 18.6. The molecule has 0 saturated carbocycles. The van der Waals surface area contributed by atoms with Crippen LogP contribution in [-0.2, 0) is 9.53 Å². The molecule has 6 nitrogen and oxygen atoms in total. The second kappa shape index (κ2) is 8.03. The van der Waals surface area contributed by atoms with Gasteiger partial charge in [0.05, 0.1) is 17.0 Å². The van der Waals surface area contributed by atoms with Crippen molar-refractivity contribution in [2.75, 3.05) is 6.61 Å². The molecule has 3 rings (SSSR count). The highest BCUT2D eigenvalue weighted by atomic mass is 16.5. The first-order chi connectivity index (χ1) is 13.0. The highest BCUT2D eigenvalue weighted by Gasteiger charge is 2.27. The van der Waals surface area contributed by atoms with Gasteiger partial charge in [0.25, 0.3) is 0 Å². The molecule has 0 aliphatic heterocycles. The van der Waals surface area contributed by atoms with Crippen molar-refractivity contribution in [3.63, 3.8) is 0 Å². The van der Waals surface area contributed by atoms with Crippen molar-refractivity contribution in [3.8, 4) is 0 Å². The number of carbonyl (C=O) groups excluding carboxylic acids is 2. The number of aromatic amines is 2. The average molecular weight is 366 g/mol. The van der Waals surface area contributed by atoms with Gasteiger partial charge in [0.15, 0.2) is 12.4 Å². The molecule has 27 heavy (non-hydrogen) atoms. The molecule has 1 heterocycles. The van der Waals surface area contributed by atoms with Gasteiger partial charge in [-0.05, 0) is 29.7 Å². The maximum Gasteiger partial charge on any atom is 0.323 e. The summed E-state index contributed by atoms with van der Waals surface area (Å²) in [6, 6.07) is 14.3. The fraction of sp³-hybridized carbons (Fsp3) is 0.286. The lowest BCUT2D eigenvalue weighted by Crippen LogP contribution is -2.24. The Morgan fingerprint density at radius 2 is 1.74 bits per heavy atom. The summed E-state index contributed by atoms with van der Waals surface area (Å²) >= 11 is 0. The number of H-pyrrole nitrogens is 2. The predicted octanol–water partition coefficient (Wildman–Crippen LogP) is 3.41. The smallest absolute Gasteiger partial charge is 0.323 e. The van der Waals surface area contributed by atoms with Crippen molar-refractivity contribution in [2.45, 2.75) is 26.2 Å². The van der Waals surface area contributed by atoms with Gasteiger partial charge in [-0.3, -0.25) is 9.59 Å². The molecule has 0 aliphatic rings. The van der Waals surface area contributed by atoms with Crippen molar-refractivity contribution in [1.82, 2.24) is 9.97 Å². The van der Waals surface area contributed by atoms with Crippen LogP contribution < -0.4 is 5.69 Å². The fourth-order valence-corrected chi connectivity index (χ4v) is 3.11. The SMILES string of the molecule is CC[C@@H](C)[C@@H](C(=O)OCC(=O)c1ccc2[nH]c(=O)[nH]c2c1)c1ccccc1. The molecular formula is C21H22N2O4. The summed E-state index contributed by atoms with van der Waals surface area (Å²) in [4.78, 5) is 41.6. The van der Waals surface area contributed by atoms with Crippen molar-refractivity contribution in [3.05, 3.63) is 70.1 Å². The number of imidazole rings is 1. The number of hydrogen-bond donors (Lipinski definition) is 2. The molecule has 0 bridgehead atoms. The molecule has 140 valence electrons. The Balaban J connectivity index is 1.72. The highest BCUT2D eigenvalue weighted by molar-refractivity contribution is 6.00. The van der Waals surface area contributed by atoms with E-state index < -0.39 is 11.9 Å². The number of hydrogen-bond acceptors (Lipinski definition) is 4. The lowest BCUT2D eigenvalue weighted by atomic mass is 9.85. The van der Waals surface area contributed by atoms with Crippen molar-refractivity contribution in [1.29, 1.82) is 0 Å². The number of carbonyl (C=O) groups is 2. The van der Waals surface area contributed by atoms with E-state index >= 15 is 0 Å². The molecule has 3 aromatic rings. The van der Waals surface area contributed by atoms with Gasteiger partial charge in [-0.15, -0.1) is 0 Å². The van der Waals surface area contributed by atoms with Crippen LogP contribution in [0.4, 0.5) is 0 Å². The number of ketones is 1. The Kier molecular flexibility index (Phi) is 5.54. The number of nitrogens with one attached hydrogen (secondary N) is 2. The van der Waals surface area contributed by atoms with Crippen LogP contribution in [0.2, 0.25) is 0 Å². The topological polar surface area (TPSA) is 92.0 Å². The van der Waals surface area contributed by atoms with E-state index in [1.54, 1.807) is 18.2 Å². The summed E-state index contributed by atoms with van der Waals surface area (Å²) in [6.07, 6.45) is 0.820. The second-order valence-corrected chi connectivity index (χ2v) is 6.64. The van der Waals surface area contributed by atoms with E-state index in [-0.39, 0.29) is 24.0 Å². The predicted molar refractivity (Wildman–Crippen MR) is 103 cm³/mol. The van der Waals surface area contributed by atoms with Gasteiger partial charge in [0.2, 0.25) is 0 Å². The number of benzene rings is 2. The third-order valence-corrected chi connectivity index (χ3v) is 4.81. The number of ether oxygens (including phenoxy) is 1. The molecule has 2 aromatic carbocycles. The third kappa shape index (κ3) is 4.16. The van der Waals surface area contributed by atoms with Gasteiger partial charge in [0.1, 0.15) is 0 Å². The maximum atomic E-state index is 12.7. The summed E-state index contributed by atoms with van der Waals surface area (Å²) in [5.74, 6) is -1.04. The summed E-state index contributed by atoms with van der Waals surface area (Å²) in [5.41, 5.74) is 2.09. The minimum atomic E-state index is -0.410. The van der Waals surface area contributed by atoms with Gasteiger partial charge < -0.3 is 14.7 Å². The highest BCUT2D eigenvalue weighted by Crippen LogP contribution is 2.28. The molecule has 2 N–H and O–H groups in total. The molecule has 1 aromatic heterocycles. The Hall–Kier alpha value is -3.15. The summed E-state index contributed by atoms with van der Waals surface area (Å²) in [5, 5.41) is 0. The molecule has 0 aliphatic carbocycles. The fourth-order valence-electron chi connectivity index (χ4n) is 3.11. The van der Waals surface area contributed by atoms with E-state index in [1.807, 2.05) is 44.2 Å². The molecule has 0 radical (unpaired) electrons. The summed E-state index contributed by atoms with van der Waals surface area (Å²) in [7, 11) is 0. The number of Topliss-reactive ketones (excluding diaryl/α,β-unsaturated/α-hetero) is 1. The molecule has 0 spiro atoms. The Bertz CT molecular complexity index is 1000.